The van der Waals surface area contributed by atoms with Crippen molar-refractivity contribution in [1.29, 1.82) is 0 Å². The van der Waals surface area contributed by atoms with Crippen LogP contribution in [0.1, 0.15) is 76.8 Å². The van der Waals surface area contributed by atoms with Gasteiger partial charge in [0, 0.05) is 42.9 Å². The molecule has 2 heterocycles. The lowest BCUT2D eigenvalue weighted by Gasteiger charge is -2.26. The quantitative estimate of drug-likeness (QED) is 0.0636. The van der Waals surface area contributed by atoms with Crippen LogP contribution in [0.3, 0.4) is 0 Å². The molecule has 0 unspecified atom stereocenters. The van der Waals surface area contributed by atoms with Crippen LogP contribution in [0.2, 0.25) is 0 Å². The number of nitrogens with one attached hydrogen (secondary N) is 3. The number of nitrogens with zero attached hydrogens (tertiary/aromatic N) is 2. The predicted molar refractivity (Wildman–Crippen MR) is 220 cm³/mol. The second-order valence-corrected chi connectivity index (χ2v) is 16.4. The van der Waals surface area contributed by atoms with Crippen molar-refractivity contribution in [1.82, 2.24) is 25.4 Å². The zero-order valence-electron chi connectivity index (χ0n) is 33.3. The molecule has 5 aromatic rings. The molecule has 0 spiro atoms. The highest BCUT2D eigenvalue weighted by Gasteiger charge is 2.39. The lowest BCUT2D eigenvalue weighted by atomic mass is 9.95. The number of hydrogen-bond donors (Lipinski definition) is 3. The second-order valence-electron chi connectivity index (χ2n) is 14.0. The average Bonchev–Trinajstić information content (AvgIpc) is 3.55. The topological polar surface area (TPSA) is 165 Å². The summed E-state index contributed by atoms with van der Waals surface area (Å²) in [4.78, 5) is 60.4. The van der Waals surface area contributed by atoms with E-state index in [1.165, 1.54) is 26.0 Å². The van der Waals surface area contributed by atoms with Crippen LogP contribution in [0.25, 0.3) is 10.9 Å². The van der Waals surface area contributed by atoms with Gasteiger partial charge in [-0.1, -0.05) is 78.9 Å². The van der Waals surface area contributed by atoms with Crippen LogP contribution in [-0.2, 0) is 36.7 Å². The highest BCUT2D eigenvalue weighted by atomic mass is 31.2. The third-order valence-corrected chi connectivity index (χ3v) is 12.2. The molecule has 0 radical (unpaired) electrons. The van der Waals surface area contributed by atoms with E-state index >= 15 is 0 Å². The van der Waals surface area contributed by atoms with Crippen LogP contribution in [0, 0.1) is 5.82 Å². The number of fused-ring (bicyclic) bond motifs is 2. The monoisotopic (exact) mass is 823 g/mol. The minimum absolute atomic E-state index is 0.0204. The molecule has 2 amide bonds. The van der Waals surface area contributed by atoms with Crippen molar-refractivity contribution in [2.24, 2.45) is 0 Å². The maximum absolute atomic E-state index is 14.6. The van der Waals surface area contributed by atoms with Gasteiger partial charge in [-0.15, -0.1) is 0 Å². The molecule has 13 nitrogen and oxygen atoms in total. The lowest BCUT2D eigenvalue weighted by Crippen LogP contribution is -2.44. The van der Waals surface area contributed by atoms with Crippen molar-refractivity contribution in [2.45, 2.75) is 59.0 Å². The molecule has 3 N–H and O–H groups in total. The highest BCUT2D eigenvalue weighted by molar-refractivity contribution is 7.60. The van der Waals surface area contributed by atoms with Crippen molar-refractivity contribution in [3.8, 4) is 5.75 Å². The Kier molecular flexibility index (Phi) is 13.9. The SMILES string of the molecule is CCOC(=O)[C@H](C)NP(=O)(CCNC(=O)c1c2c(c(OC(c3ccccc3)c3ccccc3)c3ncccc13)C(=O)N(Cc1ccc(F)cc1)C2)N[C@@H](C)C(=O)OCC. The molecule has 0 saturated heterocycles. The molecule has 0 saturated carbocycles. The maximum atomic E-state index is 14.6. The van der Waals surface area contributed by atoms with Gasteiger partial charge in [0.2, 0.25) is 7.44 Å². The van der Waals surface area contributed by atoms with E-state index in [0.717, 1.165) is 11.1 Å². The Balaban J connectivity index is 1.39. The van der Waals surface area contributed by atoms with E-state index in [-0.39, 0.29) is 61.4 Å². The molecule has 2 atom stereocenters. The molecule has 0 fully saturated rings. The number of esters is 2. The van der Waals surface area contributed by atoms with Crippen LogP contribution >= 0.6 is 7.44 Å². The number of pyridine rings is 1. The highest BCUT2D eigenvalue weighted by Crippen LogP contribution is 2.44. The Bertz CT molecular complexity index is 2280. The van der Waals surface area contributed by atoms with Gasteiger partial charge in [-0.3, -0.25) is 28.7 Å². The standard InChI is InChI=1S/C44H47FN5O8P/c1-5-56-43(53)28(3)48-59(55,49-29(4)44(54)57-6-2)25-24-47-41(51)36-34-18-13-23-46-38(34)40(58-39(31-14-9-7-10-15-31)32-16-11-8-12-17-32)37-35(36)27-50(42(37)52)26-30-19-21-33(45)22-20-30/h7-23,28-29,39H,5-6,24-27H2,1-4H3,(H,47,51)(H2,48,49,55)/t28-,29-/m0/s1. The van der Waals surface area contributed by atoms with Gasteiger partial charge in [0.15, 0.2) is 5.75 Å². The van der Waals surface area contributed by atoms with Gasteiger partial charge in [0.25, 0.3) is 11.8 Å². The first-order chi connectivity index (χ1) is 28.4. The first-order valence-corrected chi connectivity index (χ1v) is 21.3. The third-order valence-electron chi connectivity index (χ3n) is 9.72. The van der Waals surface area contributed by atoms with Gasteiger partial charge in [-0.2, -0.15) is 0 Å². The molecule has 1 aliphatic rings. The Labute approximate surface area is 342 Å². The summed E-state index contributed by atoms with van der Waals surface area (Å²) in [6.07, 6.45) is 0.674. The Morgan fingerprint density at radius 2 is 1.41 bits per heavy atom. The molecule has 1 aliphatic heterocycles. The summed E-state index contributed by atoms with van der Waals surface area (Å²) in [5.41, 5.74) is 3.36. The molecular weight excluding hydrogens is 776 g/mol. The predicted octanol–water partition coefficient (Wildman–Crippen LogP) is 6.70. The van der Waals surface area contributed by atoms with Crippen molar-refractivity contribution in [3.05, 3.63) is 142 Å². The van der Waals surface area contributed by atoms with Crippen molar-refractivity contribution in [2.75, 3.05) is 25.9 Å². The molecule has 0 aliphatic carbocycles. The minimum atomic E-state index is -3.78. The van der Waals surface area contributed by atoms with Crippen LogP contribution in [0.4, 0.5) is 4.39 Å². The van der Waals surface area contributed by atoms with E-state index in [4.69, 9.17) is 14.2 Å². The van der Waals surface area contributed by atoms with Gasteiger partial charge < -0.3 is 24.4 Å². The normalized spacial score (nSPS) is 13.5. The first kappa shape index (κ1) is 42.7. The van der Waals surface area contributed by atoms with E-state index in [9.17, 15) is 28.1 Å². The third kappa shape index (κ3) is 10.0. The number of benzene rings is 4. The zero-order valence-corrected chi connectivity index (χ0v) is 34.2. The molecule has 1 aromatic heterocycles. The zero-order chi connectivity index (χ0) is 42.1. The molecular formula is C44H47FN5O8P. The molecule has 59 heavy (non-hydrogen) atoms. The van der Waals surface area contributed by atoms with Gasteiger partial charge in [0.05, 0.1) is 24.3 Å². The number of hydrogen-bond acceptors (Lipinski definition) is 9. The average molecular weight is 824 g/mol. The number of carbonyl (C=O) groups excluding carboxylic acids is 4. The summed E-state index contributed by atoms with van der Waals surface area (Å²) in [6.45, 7) is 6.46. The number of carbonyl (C=O) groups is 4. The maximum Gasteiger partial charge on any atom is 0.323 e. The number of aromatic nitrogens is 1. The van der Waals surface area contributed by atoms with Gasteiger partial charge in [0.1, 0.15) is 29.5 Å². The lowest BCUT2D eigenvalue weighted by molar-refractivity contribution is -0.145. The number of ether oxygens (including phenoxy) is 3. The van der Waals surface area contributed by atoms with Crippen LogP contribution in [0.15, 0.2) is 103 Å². The minimum Gasteiger partial charge on any atom is -0.478 e. The van der Waals surface area contributed by atoms with Gasteiger partial charge in [-0.05, 0) is 62.6 Å². The van der Waals surface area contributed by atoms with Crippen LogP contribution in [-0.4, -0.2) is 71.6 Å². The molecule has 4 aromatic carbocycles. The molecule has 6 rings (SSSR count). The second kappa shape index (κ2) is 19.2. The van der Waals surface area contributed by atoms with Crippen LogP contribution in [0.5, 0.6) is 5.75 Å². The number of halogens is 1. The fourth-order valence-corrected chi connectivity index (χ4v) is 9.22. The van der Waals surface area contributed by atoms with Gasteiger partial charge >= 0.3 is 11.9 Å². The Morgan fingerprint density at radius 1 is 0.831 bits per heavy atom. The summed E-state index contributed by atoms with van der Waals surface area (Å²) in [5.74, 6) is -2.47. The smallest absolute Gasteiger partial charge is 0.323 e. The van der Waals surface area contributed by atoms with Gasteiger partial charge in [-0.25, -0.2) is 14.6 Å². The fourth-order valence-electron chi connectivity index (χ4n) is 7.00. The van der Waals surface area contributed by atoms with E-state index in [2.05, 4.69) is 20.5 Å². The summed E-state index contributed by atoms with van der Waals surface area (Å²) in [7, 11) is -3.78. The Hall–Kier alpha value is -5.95. The van der Waals surface area contributed by atoms with E-state index in [1.807, 2.05) is 60.7 Å². The van der Waals surface area contributed by atoms with Crippen molar-refractivity contribution in [3.63, 3.8) is 0 Å². The van der Waals surface area contributed by atoms with Crippen molar-refractivity contribution < 1.29 is 42.3 Å². The van der Waals surface area contributed by atoms with Crippen LogP contribution < -0.4 is 20.2 Å². The first-order valence-electron chi connectivity index (χ1n) is 19.4. The van der Waals surface area contributed by atoms with Crippen molar-refractivity contribution >= 4 is 42.1 Å². The summed E-state index contributed by atoms with van der Waals surface area (Å²) >= 11 is 0. The van der Waals surface area contributed by atoms with E-state index in [0.29, 0.717) is 16.5 Å². The fraction of sp³-hybridized carbons (Fsp3) is 0.295. The summed E-state index contributed by atoms with van der Waals surface area (Å²) in [6, 6.07) is 26.4. The number of rotatable bonds is 18. The molecule has 15 heteroatoms. The molecule has 0 bridgehead atoms. The summed E-state index contributed by atoms with van der Waals surface area (Å²) < 4.78 is 45.3. The van der Waals surface area contributed by atoms with E-state index in [1.54, 1.807) is 49.2 Å². The van der Waals surface area contributed by atoms with E-state index < -0.39 is 55.2 Å². The summed E-state index contributed by atoms with van der Waals surface area (Å²) in [5, 5.41) is 8.87. The number of amides is 2. The Morgan fingerprint density at radius 3 is 1.97 bits per heavy atom. The largest absolute Gasteiger partial charge is 0.478 e. The molecule has 308 valence electrons.